The Kier molecular flexibility index (Phi) is 3.53. The Labute approximate surface area is 126 Å². The van der Waals surface area contributed by atoms with E-state index in [0.29, 0.717) is 6.42 Å². The molecule has 3 rings (SSSR count). The zero-order valence-electron chi connectivity index (χ0n) is 11.7. The fourth-order valence-corrected chi connectivity index (χ4v) is 3.08. The highest BCUT2D eigenvalue weighted by Gasteiger charge is 2.55. The third kappa shape index (κ3) is 2.52. The number of hydrogen-bond acceptors (Lipinski definition) is 1. The van der Waals surface area contributed by atoms with Crippen LogP contribution in [0.1, 0.15) is 17.5 Å². The molecule has 2 aromatic rings. The number of aliphatic carboxylic acids is 1. The van der Waals surface area contributed by atoms with Gasteiger partial charge in [-0.2, -0.15) is 0 Å². The molecular weight excluding hydrogens is 286 g/mol. The molecule has 0 spiro atoms. The zero-order chi connectivity index (χ0) is 15.7. The SMILES string of the molecule is O=C(O)C=CC1CC1(c1cccc(F)c1)c1cccc(F)c1. The maximum Gasteiger partial charge on any atom is 0.327 e. The molecular formula is C18H14F2O2. The van der Waals surface area contributed by atoms with Gasteiger partial charge in [-0.1, -0.05) is 30.3 Å². The second-order valence-corrected chi connectivity index (χ2v) is 5.50. The molecule has 0 bridgehead atoms. The number of rotatable bonds is 4. The van der Waals surface area contributed by atoms with Crippen molar-refractivity contribution in [1.29, 1.82) is 0 Å². The smallest absolute Gasteiger partial charge is 0.327 e. The third-order valence-corrected chi connectivity index (χ3v) is 4.17. The van der Waals surface area contributed by atoms with E-state index in [4.69, 9.17) is 5.11 Å². The Hall–Kier alpha value is -2.49. The van der Waals surface area contributed by atoms with E-state index in [0.717, 1.165) is 17.2 Å². The lowest BCUT2D eigenvalue weighted by molar-refractivity contribution is -0.131. The molecule has 0 saturated heterocycles. The first-order valence-electron chi connectivity index (χ1n) is 6.95. The van der Waals surface area contributed by atoms with Crippen molar-refractivity contribution in [3.63, 3.8) is 0 Å². The molecule has 1 N–H and O–H groups in total. The Bertz CT molecular complexity index is 707. The van der Waals surface area contributed by atoms with Crippen molar-refractivity contribution in [1.82, 2.24) is 0 Å². The fraction of sp³-hybridized carbons (Fsp3) is 0.167. The van der Waals surface area contributed by atoms with Crippen LogP contribution in [-0.4, -0.2) is 11.1 Å². The van der Waals surface area contributed by atoms with Gasteiger partial charge in [0, 0.05) is 11.5 Å². The molecule has 2 nitrogen and oxygen atoms in total. The minimum absolute atomic E-state index is 0.0906. The maximum absolute atomic E-state index is 13.6. The average molecular weight is 300 g/mol. The molecule has 0 amide bonds. The van der Waals surface area contributed by atoms with Crippen LogP contribution in [0.15, 0.2) is 60.7 Å². The molecule has 0 radical (unpaired) electrons. The molecule has 2 aromatic carbocycles. The lowest BCUT2D eigenvalue weighted by atomic mass is 9.85. The highest BCUT2D eigenvalue weighted by atomic mass is 19.1. The fourth-order valence-electron chi connectivity index (χ4n) is 3.08. The van der Waals surface area contributed by atoms with Crippen molar-refractivity contribution in [2.45, 2.75) is 11.8 Å². The Morgan fingerprint density at radius 2 is 1.64 bits per heavy atom. The van der Waals surface area contributed by atoms with Crippen LogP contribution in [0.5, 0.6) is 0 Å². The normalized spacial score (nSPS) is 19.3. The van der Waals surface area contributed by atoms with E-state index in [1.807, 2.05) is 0 Å². The summed E-state index contributed by atoms with van der Waals surface area (Å²) in [4.78, 5) is 10.7. The molecule has 0 aromatic heterocycles. The van der Waals surface area contributed by atoms with Crippen molar-refractivity contribution in [3.8, 4) is 0 Å². The predicted molar refractivity (Wildman–Crippen MR) is 78.5 cm³/mol. The second kappa shape index (κ2) is 5.37. The van der Waals surface area contributed by atoms with Gasteiger partial charge in [-0.3, -0.25) is 0 Å². The number of carboxylic acids is 1. The largest absolute Gasteiger partial charge is 0.478 e. The van der Waals surface area contributed by atoms with Crippen LogP contribution in [0.3, 0.4) is 0 Å². The Morgan fingerprint density at radius 1 is 1.09 bits per heavy atom. The summed E-state index contributed by atoms with van der Waals surface area (Å²) < 4.78 is 27.2. The minimum atomic E-state index is -1.03. The summed E-state index contributed by atoms with van der Waals surface area (Å²) in [7, 11) is 0. The molecule has 1 fully saturated rings. The van der Waals surface area contributed by atoms with Gasteiger partial charge in [0.1, 0.15) is 11.6 Å². The van der Waals surface area contributed by atoms with Gasteiger partial charge in [0.25, 0.3) is 0 Å². The summed E-state index contributed by atoms with van der Waals surface area (Å²) in [6.45, 7) is 0. The quantitative estimate of drug-likeness (QED) is 0.869. The molecule has 22 heavy (non-hydrogen) atoms. The van der Waals surface area contributed by atoms with E-state index >= 15 is 0 Å². The molecule has 1 aliphatic rings. The molecule has 1 saturated carbocycles. The Morgan fingerprint density at radius 3 is 2.09 bits per heavy atom. The van der Waals surface area contributed by atoms with Crippen LogP contribution in [0.4, 0.5) is 8.78 Å². The number of carbonyl (C=O) groups is 1. The summed E-state index contributed by atoms with van der Waals surface area (Å²) in [6, 6.07) is 12.4. The maximum atomic E-state index is 13.6. The standard InChI is InChI=1S/C18H14F2O2/c19-15-5-1-3-12(9-15)18(11-14(18)7-8-17(21)22)13-4-2-6-16(20)10-13/h1-10,14H,11H2,(H,21,22). The zero-order valence-corrected chi connectivity index (χ0v) is 11.7. The van der Waals surface area contributed by atoms with Gasteiger partial charge in [0.15, 0.2) is 0 Å². The van der Waals surface area contributed by atoms with Crippen LogP contribution in [0.25, 0.3) is 0 Å². The van der Waals surface area contributed by atoms with Crippen LogP contribution < -0.4 is 0 Å². The number of hydrogen-bond donors (Lipinski definition) is 1. The lowest BCUT2D eigenvalue weighted by Gasteiger charge is -2.18. The van der Waals surface area contributed by atoms with Crippen LogP contribution in [0, 0.1) is 17.6 Å². The number of halogens is 2. The van der Waals surface area contributed by atoms with Crippen LogP contribution >= 0.6 is 0 Å². The highest BCUT2D eigenvalue weighted by molar-refractivity contribution is 5.80. The minimum Gasteiger partial charge on any atom is -0.478 e. The van der Waals surface area contributed by atoms with Crippen LogP contribution in [0.2, 0.25) is 0 Å². The van der Waals surface area contributed by atoms with Gasteiger partial charge in [-0.15, -0.1) is 0 Å². The van der Waals surface area contributed by atoms with Crippen molar-refractivity contribution in [2.75, 3.05) is 0 Å². The van der Waals surface area contributed by atoms with E-state index in [-0.39, 0.29) is 17.6 Å². The van der Waals surface area contributed by atoms with Crippen LogP contribution in [-0.2, 0) is 10.2 Å². The lowest BCUT2D eigenvalue weighted by Crippen LogP contribution is -2.12. The van der Waals surface area contributed by atoms with E-state index in [2.05, 4.69) is 0 Å². The van der Waals surface area contributed by atoms with E-state index < -0.39 is 11.4 Å². The number of carboxylic acid groups (broad SMARTS) is 1. The number of allylic oxidation sites excluding steroid dienone is 1. The monoisotopic (exact) mass is 300 g/mol. The number of benzene rings is 2. The summed E-state index contributed by atoms with van der Waals surface area (Å²) in [5, 5.41) is 8.78. The first-order valence-corrected chi connectivity index (χ1v) is 6.95. The molecule has 4 heteroatoms. The van der Waals surface area contributed by atoms with Crippen molar-refractivity contribution < 1.29 is 18.7 Å². The van der Waals surface area contributed by atoms with Gasteiger partial charge >= 0.3 is 5.97 Å². The van der Waals surface area contributed by atoms with Crippen molar-refractivity contribution in [2.24, 2.45) is 5.92 Å². The van der Waals surface area contributed by atoms with Gasteiger partial charge in [0.05, 0.1) is 0 Å². The summed E-state index contributed by atoms with van der Waals surface area (Å²) in [5.74, 6) is -1.84. The summed E-state index contributed by atoms with van der Waals surface area (Å²) in [6.07, 6.45) is 3.31. The molecule has 1 unspecified atom stereocenters. The van der Waals surface area contributed by atoms with E-state index in [1.165, 1.54) is 24.3 Å². The predicted octanol–water partition coefficient (Wildman–Crippen LogP) is 3.91. The average Bonchev–Trinajstić information content (AvgIpc) is 3.21. The first-order chi connectivity index (χ1) is 10.5. The van der Waals surface area contributed by atoms with Crippen molar-refractivity contribution >= 4 is 5.97 Å². The Balaban J connectivity index is 2.07. The summed E-state index contributed by atoms with van der Waals surface area (Å²) in [5.41, 5.74) is 0.909. The van der Waals surface area contributed by atoms with Gasteiger partial charge in [-0.25, -0.2) is 13.6 Å². The van der Waals surface area contributed by atoms with Gasteiger partial charge in [-0.05, 0) is 47.7 Å². The molecule has 0 aliphatic heterocycles. The van der Waals surface area contributed by atoms with Gasteiger partial charge < -0.3 is 5.11 Å². The first kappa shape index (κ1) is 14.4. The molecule has 1 atom stereocenters. The molecule has 0 heterocycles. The topological polar surface area (TPSA) is 37.3 Å². The summed E-state index contributed by atoms with van der Waals surface area (Å²) >= 11 is 0. The second-order valence-electron chi connectivity index (χ2n) is 5.50. The molecule has 1 aliphatic carbocycles. The van der Waals surface area contributed by atoms with Crippen molar-refractivity contribution in [3.05, 3.63) is 83.4 Å². The third-order valence-electron chi connectivity index (χ3n) is 4.17. The molecule has 112 valence electrons. The van der Waals surface area contributed by atoms with E-state index in [9.17, 15) is 13.6 Å². The van der Waals surface area contributed by atoms with E-state index in [1.54, 1.807) is 30.3 Å². The highest BCUT2D eigenvalue weighted by Crippen LogP contribution is 2.59. The van der Waals surface area contributed by atoms with Gasteiger partial charge in [0.2, 0.25) is 0 Å².